The molecule has 0 aromatic heterocycles. The number of hydrogen-bond donors (Lipinski definition) is 0. The summed E-state index contributed by atoms with van der Waals surface area (Å²) in [6, 6.07) is 58.4. The molecule has 2 aliphatic rings. The van der Waals surface area contributed by atoms with Crippen LogP contribution in [-0.4, -0.2) is 20.1 Å². The van der Waals surface area contributed by atoms with Gasteiger partial charge in [-0.05, 0) is 102 Å². The predicted molar refractivity (Wildman–Crippen MR) is 313 cm³/mol. The zero-order valence-corrected chi connectivity index (χ0v) is 46.0. The minimum absolute atomic E-state index is 0.0144. The van der Waals surface area contributed by atoms with Crippen molar-refractivity contribution in [3.05, 3.63) is 179 Å². The lowest BCUT2D eigenvalue weighted by Gasteiger charge is -2.42. The van der Waals surface area contributed by atoms with Crippen LogP contribution in [0.15, 0.2) is 146 Å². The van der Waals surface area contributed by atoms with Crippen molar-refractivity contribution in [2.75, 3.05) is 4.90 Å². The fraction of sp³-hybridized carbons (Fsp3) is 0.364. The summed E-state index contributed by atoms with van der Waals surface area (Å²) in [6.07, 6.45) is 0. The lowest BCUT2D eigenvalue weighted by Crippen LogP contribution is -2.84. The van der Waals surface area contributed by atoms with Gasteiger partial charge in [0.1, 0.15) is 0 Å². The van der Waals surface area contributed by atoms with E-state index in [9.17, 15) is 0 Å². The Morgan fingerprint density at radius 2 is 0.514 bits per heavy atom. The molecule has 0 bridgehead atoms. The van der Waals surface area contributed by atoms with Gasteiger partial charge in [0.2, 0.25) is 20.1 Å². The van der Waals surface area contributed by atoms with E-state index in [1.165, 1.54) is 88.2 Å². The second-order valence-corrected chi connectivity index (χ2v) is 27.2. The lowest BCUT2D eigenvalue weighted by molar-refractivity contribution is 0.590. The van der Waals surface area contributed by atoms with Gasteiger partial charge in [0, 0.05) is 17.1 Å². The van der Waals surface area contributed by atoms with Crippen LogP contribution in [0.5, 0.6) is 0 Å². The molecule has 0 amide bonds. The first-order valence-electron chi connectivity index (χ1n) is 26.2. The Bertz CT molecular complexity index is 2850. The smallest absolute Gasteiger partial charge is 0.240 e. The minimum atomic E-state index is -0.0144. The molecule has 2 heterocycles. The third kappa shape index (κ3) is 9.19. The van der Waals surface area contributed by atoms with Gasteiger partial charge in [-0.1, -0.05) is 283 Å². The second kappa shape index (κ2) is 17.1. The molecule has 356 valence electrons. The van der Waals surface area contributed by atoms with Gasteiger partial charge in [-0.3, -0.25) is 0 Å². The van der Waals surface area contributed by atoms with Gasteiger partial charge in [-0.25, -0.2) is 0 Å². The largest absolute Gasteiger partial charge is 0.311 e. The van der Waals surface area contributed by atoms with E-state index >= 15 is 0 Å². The van der Waals surface area contributed by atoms with E-state index in [4.69, 9.17) is 0 Å². The van der Waals surface area contributed by atoms with E-state index in [1.807, 2.05) is 0 Å². The van der Waals surface area contributed by atoms with Crippen molar-refractivity contribution in [1.29, 1.82) is 0 Å². The number of anilines is 3. The van der Waals surface area contributed by atoms with E-state index < -0.39 is 0 Å². The summed E-state index contributed by atoms with van der Waals surface area (Å²) in [6.45, 7) is 42.1. The Labute approximate surface area is 425 Å². The Kier molecular flexibility index (Phi) is 12.1. The van der Waals surface area contributed by atoms with Gasteiger partial charge in [0.15, 0.2) is 0 Å². The van der Waals surface area contributed by atoms with Crippen molar-refractivity contribution in [2.24, 2.45) is 0 Å². The number of benzene rings is 7. The first-order valence-corrected chi connectivity index (χ1v) is 26.2. The van der Waals surface area contributed by atoms with E-state index in [1.54, 1.807) is 0 Å². The molecule has 0 fully saturated rings. The maximum atomic E-state index is 2.60. The third-order valence-corrected chi connectivity index (χ3v) is 15.8. The molecule has 9 rings (SSSR count). The van der Waals surface area contributed by atoms with E-state index in [0.29, 0.717) is 0 Å². The number of nitrogens with zero attached hydrogens (tertiary/aromatic N) is 1. The van der Waals surface area contributed by atoms with Gasteiger partial charge >= 0.3 is 0 Å². The number of rotatable bonds is 5. The molecule has 2 aliphatic heterocycles. The molecule has 0 atom stereocenters. The van der Waals surface area contributed by atoms with Crippen molar-refractivity contribution < 1.29 is 0 Å². The molecule has 4 heteroatoms. The van der Waals surface area contributed by atoms with Crippen molar-refractivity contribution in [3.8, 4) is 0 Å². The zero-order valence-electron chi connectivity index (χ0n) is 46.0. The maximum absolute atomic E-state index is 2.60. The molecule has 0 aliphatic carbocycles. The molecule has 0 radical (unpaired) electrons. The summed E-state index contributed by atoms with van der Waals surface area (Å²) in [4.78, 5) is 2.54. The molecular formula is C66H78B3N. The summed E-state index contributed by atoms with van der Waals surface area (Å²) in [7, 11) is 0. The van der Waals surface area contributed by atoms with Crippen LogP contribution in [0, 0.1) is 0 Å². The second-order valence-electron chi connectivity index (χ2n) is 27.2. The topological polar surface area (TPSA) is 3.24 Å². The molecule has 0 unspecified atom stereocenters. The highest BCUT2D eigenvalue weighted by atomic mass is 15.1. The maximum Gasteiger partial charge on any atom is 0.240 e. The molecule has 0 saturated heterocycles. The van der Waals surface area contributed by atoms with E-state index in [2.05, 4.69) is 275 Å². The van der Waals surface area contributed by atoms with E-state index in [0.717, 1.165) is 11.4 Å². The first kappa shape index (κ1) is 49.5. The van der Waals surface area contributed by atoms with Crippen molar-refractivity contribution >= 4 is 86.4 Å². The summed E-state index contributed by atoms with van der Waals surface area (Å²) < 4.78 is 0. The summed E-state index contributed by atoms with van der Waals surface area (Å²) in [5.74, 6) is 0. The van der Waals surface area contributed by atoms with Crippen LogP contribution in [0.4, 0.5) is 17.1 Å². The highest BCUT2D eigenvalue weighted by molar-refractivity contribution is 7.18. The van der Waals surface area contributed by atoms with Gasteiger partial charge < -0.3 is 4.90 Å². The van der Waals surface area contributed by atoms with Gasteiger partial charge in [-0.15, -0.1) is 0 Å². The molecule has 70 heavy (non-hydrogen) atoms. The highest BCUT2D eigenvalue weighted by Gasteiger charge is 2.47. The summed E-state index contributed by atoms with van der Waals surface area (Å²) in [5.41, 5.74) is 24.5. The quantitative estimate of drug-likeness (QED) is 0.156. The average Bonchev–Trinajstić information content (AvgIpc) is 3.27. The fourth-order valence-corrected chi connectivity index (χ4v) is 11.3. The van der Waals surface area contributed by atoms with Gasteiger partial charge in [0.05, 0.1) is 0 Å². The summed E-state index contributed by atoms with van der Waals surface area (Å²) in [5, 5.41) is 0. The standard InChI is InChI=1S/C66H78B3N/c1-61(2,3)43-19-29-49(30-20-43)67-54-37-27-47(65(13,14)15)39-56(54)69-57-40-48(66(16,17)18)28-38-55(57)68(50-31-21-44(22-32-50)62(4,5)6)59-42-53(41-58(67)60(59)69)70(51-33-23-45(24-34-51)63(7,8)9)52-35-25-46(26-36-52)64(10,11)12/h19-42H,1-18H3. The van der Waals surface area contributed by atoms with E-state index in [-0.39, 0.29) is 52.6 Å². The minimum Gasteiger partial charge on any atom is -0.311 e. The van der Waals surface area contributed by atoms with Crippen LogP contribution >= 0.6 is 0 Å². The normalized spacial score (nSPS) is 14.1. The third-order valence-electron chi connectivity index (χ3n) is 15.8. The van der Waals surface area contributed by atoms with Crippen LogP contribution in [0.2, 0.25) is 0 Å². The zero-order chi connectivity index (χ0) is 50.7. The van der Waals surface area contributed by atoms with Gasteiger partial charge in [-0.2, -0.15) is 0 Å². The Morgan fingerprint density at radius 1 is 0.243 bits per heavy atom. The van der Waals surface area contributed by atoms with Crippen LogP contribution in [0.3, 0.4) is 0 Å². The van der Waals surface area contributed by atoms with Crippen LogP contribution in [-0.2, 0) is 32.5 Å². The Balaban J connectivity index is 1.42. The van der Waals surface area contributed by atoms with Gasteiger partial charge in [0.25, 0.3) is 0 Å². The number of fused-ring (bicyclic) bond motifs is 4. The molecule has 7 aromatic rings. The Morgan fingerprint density at radius 3 is 0.800 bits per heavy atom. The SMILES string of the molecule is CC(C)(C)c1ccc(B2c3ccc(C(C)(C)C)cc3B3c4cc(C(C)(C)C)ccc4B(c4ccc(C(C)(C)C)cc4)c4cc(N(c5ccc(C(C)(C)C)cc5)c5ccc(C(C)(C)C)cc5)cc2c43)cc1. The molecule has 0 saturated carbocycles. The van der Waals surface area contributed by atoms with Crippen LogP contribution < -0.4 is 54.1 Å². The molecule has 0 N–H and O–H groups in total. The predicted octanol–water partition coefficient (Wildman–Crippen LogP) is 11.1. The number of hydrogen-bond acceptors (Lipinski definition) is 1. The van der Waals surface area contributed by atoms with Crippen LogP contribution in [0.1, 0.15) is 158 Å². The van der Waals surface area contributed by atoms with Crippen molar-refractivity contribution in [2.45, 2.75) is 157 Å². The molecule has 1 nitrogen and oxygen atoms in total. The lowest BCUT2D eigenvalue weighted by atomic mass is 9.14. The molecule has 7 aromatic carbocycles. The highest BCUT2D eigenvalue weighted by Crippen LogP contribution is 2.37. The first-order chi connectivity index (χ1) is 32.5. The fourth-order valence-electron chi connectivity index (χ4n) is 11.3. The monoisotopic (exact) mass is 918 g/mol. The van der Waals surface area contributed by atoms with Crippen LogP contribution in [0.25, 0.3) is 0 Å². The molecule has 0 spiro atoms. The average molecular weight is 918 g/mol. The Hall–Kier alpha value is -5.47. The van der Waals surface area contributed by atoms with Crippen molar-refractivity contribution in [3.63, 3.8) is 0 Å². The molecular weight excluding hydrogens is 839 g/mol. The summed E-state index contributed by atoms with van der Waals surface area (Å²) >= 11 is 0. The van der Waals surface area contributed by atoms with Crippen molar-refractivity contribution in [1.82, 2.24) is 0 Å².